The molecular formula is C15H18NO3. The molecule has 0 saturated carbocycles. The van der Waals surface area contributed by atoms with Gasteiger partial charge in [-0.15, -0.1) is 0 Å². The highest BCUT2D eigenvalue weighted by Crippen LogP contribution is 2.26. The van der Waals surface area contributed by atoms with Crippen molar-refractivity contribution in [1.29, 1.82) is 0 Å². The minimum atomic E-state index is 0.0143. The summed E-state index contributed by atoms with van der Waals surface area (Å²) in [5.74, 6) is 0.0526. The van der Waals surface area contributed by atoms with Crippen LogP contribution in [0, 0.1) is 5.92 Å². The maximum atomic E-state index is 11.9. The normalized spacial score (nSPS) is 30.5. The lowest BCUT2D eigenvalue weighted by atomic mass is 9.95. The van der Waals surface area contributed by atoms with Crippen molar-refractivity contribution in [3.63, 3.8) is 0 Å². The third-order valence-corrected chi connectivity index (χ3v) is 3.77. The second-order valence-corrected chi connectivity index (χ2v) is 5.26. The molecule has 4 nitrogen and oxygen atoms in total. The highest BCUT2D eigenvalue weighted by molar-refractivity contribution is 5.81. The summed E-state index contributed by atoms with van der Waals surface area (Å²) in [4.78, 5) is 11.9. The van der Waals surface area contributed by atoms with Crippen molar-refractivity contribution in [2.24, 2.45) is 5.92 Å². The average Bonchev–Trinajstić information content (AvgIpc) is 3.02. The zero-order chi connectivity index (χ0) is 13.1. The van der Waals surface area contributed by atoms with E-state index in [0.29, 0.717) is 13.4 Å². The molecule has 2 fully saturated rings. The van der Waals surface area contributed by atoms with E-state index in [1.807, 2.05) is 18.2 Å². The van der Waals surface area contributed by atoms with Gasteiger partial charge < -0.3 is 9.47 Å². The molecule has 0 bridgehead atoms. The molecule has 1 radical (unpaired) electrons. The first-order valence-corrected chi connectivity index (χ1v) is 6.79. The maximum absolute atomic E-state index is 11.9. The molecule has 3 rings (SSSR count). The molecule has 1 aromatic carbocycles. The van der Waals surface area contributed by atoms with Gasteiger partial charge in [-0.05, 0) is 24.8 Å². The maximum Gasteiger partial charge on any atom is 0.244 e. The lowest BCUT2D eigenvalue weighted by Gasteiger charge is -2.11. The monoisotopic (exact) mass is 260 g/mol. The van der Waals surface area contributed by atoms with E-state index >= 15 is 0 Å². The number of benzene rings is 1. The SMILES string of the molecule is O=C1[N]C(Cc2ccccc2)CC1CC1COCO1. The van der Waals surface area contributed by atoms with Crippen molar-refractivity contribution in [2.45, 2.75) is 31.4 Å². The molecule has 101 valence electrons. The Hall–Kier alpha value is -1.39. The van der Waals surface area contributed by atoms with Crippen LogP contribution in [-0.4, -0.2) is 31.5 Å². The summed E-state index contributed by atoms with van der Waals surface area (Å²) in [6, 6.07) is 10.3. The molecule has 1 aromatic rings. The van der Waals surface area contributed by atoms with E-state index in [1.54, 1.807) is 0 Å². The van der Waals surface area contributed by atoms with Gasteiger partial charge in [0.2, 0.25) is 5.91 Å². The molecule has 2 aliphatic rings. The molecule has 0 aliphatic carbocycles. The molecule has 0 N–H and O–H groups in total. The van der Waals surface area contributed by atoms with Crippen LogP contribution in [0.1, 0.15) is 18.4 Å². The van der Waals surface area contributed by atoms with E-state index in [9.17, 15) is 4.79 Å². The summed E-state index contributed by atoms with van der Waals surface area (Å²) in [7, 11) is 0. The van der Waals surface area contributed by atoms with Crippen molar-refractivity contribution in [3.05, 3.63) is 35.9 Å². The molecule has 2 saturated heterocycles. The van der Waals surface area contributed by atoms with Crippen LogP contribution in [-0.2, 0) is 20.7 Å². The minimum absolute atomic E-state index is 0.0143. The van der Waals surface area contributed by atoms with E-state index in [0.717, 1.165) is 19.3 Å². The molecule has 0 aromatic heterocycles. The Balaban J connectivity index is 1.54. The van der Waals surface area contributed by atoms with Gasteiger partial charge in [0.15, 0.2) is 0 Å². The van der Waals surface area contributed by atoms with E-state index < -0.39 is 0 Å². The second-order valence-electron chi connectivity index (χ2n) is 5.26. The fourth-order valence-corrected chi connectivity index (χ4v) is 2.80. The predicted molar refractivity (Wildman–Crippen MR) is 69.5 cm³/mol. The van der Waals surface area contributed by atoms with Crippen LogP contribution in [0.3, 0.4) is 0 Å². The number of hydrogen-bond acceptors (Lipinski definition) is 3. The summed E-state index contributed by atoms with van der Waals surface area (Å²) >= 11 is 0. The van der Waals surface area contributed by atoms with Crippen LogP contribution in [0.15, 0.2) is 30.3 Å². The van der Waals surface area contributed by atoms with Crippen LogP contribution in [0.4, 0.5) is 0 Å². The summed E-state index contributed by atoms with van der Waals surface area (Å²) in [6.45, 7) is 0.962. The highest BCUT2D eigenvalue weighted by atomic mass is 16.7. The van der Waals surface area contributed by atoms with Crippen molar-refractivity contribution in [1.82, 2.24) is 5.32 Å². The molecule has 3 atom stereocenters. The standard InChI is InChI=1S/C15H18NO3/c17-15-12(8-14-9-18-10-19-14)7-13(16-15)6-11-4-2-1-3-5-11/h1-5,12-14H,6-10H2. The number of hydrogen-bond donors (Lipinski definition) is 0. The first-order valence-electron chi connectivity index (χ1n) is 6.79. The quantitative estimate of drug-likeness (QED) is 0.824. The van der Waals surface area contributed by atoms with Crippen LogP contribution >= 0.6 is 0 Å². The summed E-state index contributed by atoms with van der Waals surface area (Å²) < 4.78 is 10.6. The Kier molecular flexibility index (Phi) is 3.80. The summed E-state index contributed by atoms with van der Waals surface area (Å²) in [5, 5.41) is 4.27. The molecule has 2 heterocycles. The summed E-state index contributed by atoms with van der Waals surface area (Å²) in [6.07, 6.45) is 2.51. The second kappa shape index (κ2) is 5.72. The lowest BCUT2D eigenvalue weighted by Crippen LogP contribution is -2.22. The molecule has 1 amide bonds. The van der Waals surface area contributed by atoms with E-state index in [4.69, 9.17) is 9.47 Å². The molecule has 4 heteroatoms. The van der Waals surface area contributed by atoms with E-state index in [1.165, 1.54) is 5.56 Å². The predicted octanol–water partition coefficient (Wildman–Crippen LogP) is 1.51. The van der Waals surface area contributed by atoms with Crippen molar-refractivity contribution >= 4 is 5.91 Å². The Morgan fingerprint density at radius 2 is 2.11 bits per heavy atom. The Labute approximate surface area is 113 Å². The van der Waals surface area contributed by atoms with Crippen LogP contribution in [0.2, 0.25) is 0 Å². The molecular weight excluding hydrogens is 242 g/mol. The minimum Gasteiger partial charge on any atom is -0.353 e. The topological polar surface area (TPSA) is 49.6 Å². The van der Waals surface area contributed by atoms with Gasteiger partial charge in [0.05, 0.1) is 18.8 Å². The van der Waals surface area contributed by atoms with Crippen molar-refractivity contribution in [2.75, 3.05) is 13.4 Å². The van der Waals surface area contributed by atoms with Crippen molar-refractivity contribution < 1.29 is 14.3 Å². The fourth-order valence-electron chi connectivity index (χ4n) is 2.80. The smallest absolute Gasteiger partial charge is 0.244 e. The Morgan fingerprint density at radius 3 is 2.84 bits per heavy atom. The van der Waals surface area contributed by atoms with Crippen LogP contribution < -0.4 is 5.32 Å². The number of carbonyl (C=O) groups excluding carboxylic acids is 1. The van der Waals surface area contributed by atoms with Crippen LogP contribution in [0.25, 0.3) is 0 Å². The van der Waals surface area contributed by atoms with Gasteiger partial charge in [0, 0.05) is 5.92 Å². The summed E-state index contributed by atoms with van der Waals surface area (Å²) in [5.41, 5.74) is 1.24. The first-order chi connectivity index (χ1) is 9.31. The number of amides is 1. The third-order valence-electron chi connectivity index (χ3n) is 3.77. The van der Waals surface area contributed by atoms with Gasteiger partial charge in [-0.25, -0.2) is 5.32 Å². The van der Waals surface area contributed by atoms with Gasteiger partial charge >= 0.3 is 0 Å². The zero-order valence-corrected chi connectivity index (χ0v) is 10.8. The Morgan fingerprint density at radius 1 is 1.26 bits per heavy atom. The molecule has 19 heavy (non-hydrogen) atoms. The average molecular weight is 260 g/mol. The fraction of sp³-hybridized carbons (Fsp3) is 0.533. The first kappa shape index (κ1) is 12.6. The highest BCUT2D eigenvalue weighted by Gasteiger charge is 2.36. The zero-order valence-electron chi connectivity index (χ0n) is 10.8. The Bertz CT molecular complexity index is 428. The molecule has 0 spiro atoms. The van der Waals surface area contributed by atoms with Crippen LogP contribution in [0.5, 0.6) is 0 Å². The van der Waals surface area contributed by atoms with Crippen molar-refractivity contribution in [3.8, 4) is 0 Å². The van der Waals surface area contributed by atoms with Gasteiger partial charge in [0.25, 0.3) is 0 Å². The number of rotatable bonds is 4. The number of ether oxygens (including phenoxy) is 2. The van der Waals surface area contributed by atoms with Gasteiger partial charge in [-0.1, -0.05) is 30.3 Å². The van der Waals surface area contributed by atoms with E-state index in [2.05, 4.69) is 17.4 Å². The number of nitrogens with zero attached hydrogens (tertiary/aromatic N) is 1. The largest absolute Gasteiger partial charge is 0.353 e. The van der Waals surface area contributed by atoms with Gasteiger partial charge in [-0.3, -0.25) is 4.79 Å². The van der Waals surface area contributed by atoms with Gasteiger partial charge in [-0.2, -0.15) is 0 Å². The number of carbonyl (C=O) groups is 1. The molecule has 3 unspecified atom stereocenters. The lowest BCUT2D eigenvalue weighted by molar-refractivity contribution is -0.123. The third kappa shape index (κ3) is 3.14. The molecule has 2 aliphatic heterocycles. The van der Waals surface area contributed by atoms with E-state index in [-0.39, 0.29) is 24.0 Å². The van der Waals surface area contributed by atoms with Gasteiger partial charge in [0.1, 0.15) is 6.79 Å².